The number of nitrogens with one attached hydrogen (secondary N) is 2. The van der Waals surface area contributed by atoms with Crippen molar-refractivity contribution in [2.45, 2.75) is 116 Å². The van der Waals surface area contributed by atoms with E-state index >= 15 is 0 Å². The van der Waals surface area contributed by atoms with E-state index < -0.39 is 35.1 Å². The first-order valence-electron chi connectivity index (χ1n) is 19.1. The van der Waals surface area contributed by atoms with Crippen LogP contribution in [0.25, 0.3) is 11.0 Å². The summed E-state index contributed by atoms with van der Waals surface area (Å²) >= 11 is 0. The average molecular weight is 716 g/mol. The van der Waals surface area contributed by atoms with Gasteiger partial charge in [-0.3, -0.25) is 14.4 Å². The van der Waals surface area contributed by atoms with Gasteiger partial charge in [0.05, 0.1) is 36.1 Å². The zero-order valence-corrected chi connectivity index (χ0v) is 30.9. The van der Waals surface area contributed by atoms with Gasteiger partial charge >= 0.3 is 6.09 Å². The first kappa shape index (κ1) is 36.2. The number of hydrogen-bond acceptors (Lipinski definition) is 9. The molecule has 1 aromatic heterocycles. The van der Waals surface area contributed by atoms with Crippen LogP contribution < -0.4 is 20.1 Å². The number of fused-ring (bicyclic) bond motifs is 5. The number of carbonyl (C=O) groups excluding carboxylic acids is 4. The molecule has 1 saturated heterocycles. The maximum atomic E-state index is 14.6. The van der Waals surface area contributed by atoms with Gasteiger partial charge in [0.1, 0.15) is 29.7 Å². The summed E-state index contributed by atoms with van der Waals surface area (Å²) in [5.41, 5.74) is 0.511. The minimum absolute atomic E-state index is 0.0130. The van der Waals surface area contributed by atoms with Crippen molar-refractivity contribution < 1.29 is 33.4 Å². The molecule has 2 aromatic rings. The Morgan fingerprint density at radius 2 is 1.90 bits per heavy atom. The molecule has 3 aliphatic carbocycles. The van der Waals surface area contributed by atoms with Gasteiger partial charge in [-0.25, -0.2) is 14.8 Å². The average Bonchev–Trinajstić information content (AvgIpc) is 4.06. The van der Waals surface area contributed by atoms with Crippen LogP contribution in [-0.2, 0) is 25.5 Å². The number of methoxy groups -OCH3 is 1. The first-order valence-corrected chi connectivity index (χ1v) is 19.1. The van der Waals surface area contributed by atoms with Crippen LogP contribution >= 0.6 is 0 Å². The molecule has 2 aliphatic heterocycles. The molecule has 3 amide bonds. The van der Waals surface area contributed by atoms with Crippen molar-refractivity contribution in [3.05, 3.63) is 36.5 Å². The molecule has 0 spiro atoms. The number of rotatable bonds is 8. The van der Waals surface area contributed by atoms with E-state index in [-0.39, 0.29) is 49.0 Å². The third kappa shape index (κ3) is 7.76. The van der Waals surface area contributed by atoms with Crippen LogP contribution in [0.15, 0.2) is 30.9 Å². The lowest BCUT2D eigenvalue weighted by Crippen LogP contribution is -2.57. The molecule has 0 unspecified atom stereocenters. The molecule has 2 bridgehead atoms. The Hall–Kier alpha value is -4.22. The molecule has 1 aromatic carbocycles. The van der Waals surface area contributed by atoms with Crippen LogP contribution in [0.5, 0.6) is 11.6 Å². The molecule has 12 nitrogen and oxygen atoms in total. The Bertz CT molecular complexity index is 1740. The number of ether oxygens (including phenoxy) is 3. The fraction of sp³-hybridized carbons (Fsp3) is 0.650. The summed E-state index contributed by atoms with van der Waals surface area (Å²) in [4.78, 5) is 67.3. The molecule has 7 atom stereocenters. The summed E-state index contributed by atoms with van der Waals surface area (Å²) in [6.07, 6.45) is 8.62. The number of hydrogen-bond donors (Lipinski definition) is 2. The van der Waals surface area contributed by atoms with E-state index in [0.717, 1.165) is 56.2 Å². The molecule has 0 radical (unpaired) electrons. The largest absolute Gasteiger partial charge is 0.497 e. The second-order valence-electron chi connectivity index (χ2n) is 16.8. The van der Waals surface area contributed by atoms with Crippen LogP contribution in [0.1, 0.15) is 90.7 Å². The van der Waals surface area contributed by atoms with E-state index in [4.69, 9.17) is 24.2 Å². The molecule has 12 heteroatoms. The quantitative estimate of drug-likeness (QED) is 0.347. The zero-order chi connectivity index (χ0) is 36.8. The highest BCUT2D eigenvalue weighted by Gasteiger charge is 2.60. The number of benzene rings is 1. The summed E-state index contributed by atoms with van der Waals surface area (Å²) in [5.74, 6) is 1.00. The second-order valence-corrected chi connectivity index (χ2v) is 16.8. The number of alkyl carbamates (subject to hydrolysis) is 1. The minimum atomic E-state index is -0.966. The van der Waals surface area contributed by atoms with Crippen molar-refractivity contribution in [1.82, 2.24) is 25.5 Å². The monoisotopic (exact) mass is 715 g/mol. The lowest BCUT2D eigenvalue weighted by Gasteiger charge is -2.35. The van der Waals surface area contributed by atoms with Crippen LogP contribution in [0, 0.1) is 28.6 Å². The first-order chi connectivity index (χ1) is 24.9. The standard InChI is InChI=1S/C40H53N5O7/c1-6-25-19-40(25,37(48)41-21-23-12-13-23)20-32(46)31-18-27-22-45(31)36(47)34(39(2,3)4)44-38(49)52-33-16-24(33)10-8-7-9-11-29-35(51-27)43-30-17-26(50-5)14-15-28(30)42-29/h6,14-15,17,23-25,27,31,33-34H,1,7-13,16,18-22H2,2-5H3,(H,41,48)(H,44,49)/t24-,25-,27-,31+,33-,34-,40-/m1/s1. The molecule has 4 fully saturated rings. The Morgan fingerprint density at radius 3 is 2.62 bits per heavy atom. The molecule has 5 aliphatic rings. The van der Waals surface area contributed by atoms with Gasteiger partial charge in [-0.1, -0.05) is 39.7 Å². The minimum Gasteiger partial charge on any atom is -0.497 e. The Labute approximate surface area is 305 Å². The van der Waals surface area contributed by atoms with Gasteiger partial charge < -0.3 is 29.7 Å². The topological polar surface area (TPSA) is 149 Å². The van der Waals surface area contributed by atoms with Crippen LogP contribution in [-0.4, -0.2) is 83.0 Å². The van der Waals surface area contributed by atoms with E-state index in [1.807, 2.05) is 39.0 Å². The smallest absolute Gasteiger partial charge is 0.408 e. The van der Waals surface area contributed by atoms with E-state index in [1.54, 1.807) is 18.1 Å². The summed E-state index contributed by atoms with van der Waals surface area (Å²) in [6.45, 7) is 10.3. The number of carbonyl (C=O) groups is 4. The van der Waals surface area contributed by atoms with E-state index in [2.05, 4.69) is 17.2 Å². The number of amides is 3. The Balaban J connectivity index is 1.21. The van der Waals surface area contributed by atoms with E-state index in [0.29, 0.717) is 48.4 Å². The molecular weight excluding hydrogens is 662 g/mol. The van der Waals surface area contributed by atoms with Crippen molar-refractivity contribution in [3.63, 3.8) is 0 Å². The van der Waals surface area contributed by atoms with Crippen molar-refractivity contribution in [2.24, 2.45) is 28.6 Å². The summed E-state index contributed by atoms with van der Waals surface area (Å²) < 4.78 is 17.9. The van der Waals surface area contributed by atoms with Crippen molar-refractivity contribution in [1.29, 1.82) is 0 Å². The lowest BCUT2D eigenvalue weighted by molar-refractivity contribution is -0.142. The van der Waals surface area contributed by atoms with Crippen molar-refractivity contribution >= 4 is 34.7 Å². The molecule has 2 N–H and O–H groups in total. The number of Topliss-reactive ketones (excluding diaryl/α,β-unsaturated/α-hetero) is 1. The highest BCUT2D eigenvalue weighted by molar-refractivity contribution is 5.97. The van der Waals surface area contributed by atoms with Crippen LogP contribution in [0.4, 0.5) is 4.79 Å². The van der Waals surface area contributed by atoms with Crippen molar-refractivity contribution in [3.8, 4) is 11.6 Å². The summed E-state index contributed by atoms with van der Waals surface area (Å²) in [5, 5.41) is 5.96. The summed E-state index contributed by atoms with van der Waals surface area (Å²) in [7, 11) is 1.60. The van der Waals surface area contributed by atoms with E-state index in [1.165, 1.54) is 0 Å². The number of aromatic nitrogens is 2. The Morgan fingerprint density at radius 1 is 1.10 bits per heavy atom. The fourth-order valence-electron chi connectivity index (χ4n) is 8.03. The number of allylic oxidation sites excluding steroid dienone is 1. The third-order valence-corrected chi connectivity index (χ3v) is 11.7. The fourth-order valence-corrected chi connectivity index (χ4v) is 8.03. The molecular formula is C40H53N5O7. The number of nitrogens with zero attached hydrogens (tertiary/aromatic N) is 3. The van der Waals surface area contributed by atoms with Gasteiger partial charge in [-0.15, -0.1) is 6.58 Å². The van der Waals surface area contributed by atoms with Gasteiger partial charge in [-0.05, 0) is 80.2 Å². The molecule has 3 heterocycles. The van der Waals surface area contributed by atoms with Gasteiger partial charge in [0, 0.05) is 25.5 Å². The third-order valence-electron chi connectivity index (χ3n) is 11.7. The number of ketones is 1. The van der Waals surface area contributed by atoms with Crippen LogP contribution in [0.2, 0.25) is 0 Å². The van der Waals surface area contributed by atoms with E-state index in [9.17, 15) is 19.2 Å². The normalized spacial score (nSPS) is 30.7. The molecule has 3 saturated carbocycles. The van der Waals surface area contributed by atoms with Gasteiger partial charge in [0.25, 0.3) is 0 Å². The van der Waals surface area contributed by atoms with Crippen molar-refractivity contribution in [2.75, 3.05) is 20.2 Å². The molecule has 7 rings (SSSR count). The lowest BCUT2D eigenvalue weighted by atomic mass is 9.85. The SMILES string of the molecule is C=C[C@@H]1C[C@]1(CC(=O)[C@@H]1C[C@@H]2CN1C(=O)[C@H](C(C)(C)C)NC(=O)O[C@@H]1C[C@H]1CCCCCc1nc3ccc(OC)cc3nc1O2)C(=O)NCC1CC1. The highest BCUT2D eigenvalue weighted by Crippen LogP contribution is 2.57. The second kappa shape index (κ2) is 14.3. The van der Waals surface area contributed by atoms with Gasteiger partial charge in [0.2, 0.25) is 17.7 Å². The zero-order valence-electron chi connectivity index (χ0n) is 30.9. The van der Waals surface area contributed by atoms with Gasteiger partial charge in [0.15, 0.2) is 5.78 Å². The molecule has 280 valence electrons. The van der Waals surface area contributed by atoms with Crippen LogP contribution in [0.3, 0.4) is 0 Å². The molecule has 52 heavy (non-hydrogen) atoms. The summed E-state index contributed by atoms with van der Waals surface area (Å²) in [6, 6.07) is 3.73. The number of aryl methyl sites for hydroxylation is 1. The predicted octanol–water partition coefficient (Wildman–Crippen LogP) is 5.31. The predicted molar refractivity (Wildman–Crippen MR) is 194 cm³/mol. The maximum Gasteiger partial charge on any atom is 0.408 e. The highest BCUT2D eigenvalue weighted by atomic mass is 16.6. The maximum absolute atomic E-state index is 14.6. The Kier molecular flexibility index (Phi) is 9.95. The van der Waals surface area contributed by atoms with Gasteiger partial charge in [-0.2, -0.15) is 0 Å².